The molecule has 0 aliphatic heterocycles. The molecule has 0 atom stereocenters. The molecule has 0 amide bonds. The molecule has 2 rings (SSSR count). The minimum absolute atomic E-state index is 0.0385. The summed E-state index contributed by atoms with van der Waals surface area (Å²) >= 11 is 3.39. The second-order valence-electron chi connectivity index (χ2n) is 3.44. The maximum atomic E-state index is 11.4. The maximum absolute atomic E-state index is 11.4. The molecule has 0 unspecified atom stereocenters. The Morgan fingerprint density at radius 2 is 2.06 bits per heavy atom. The summed E-state index contributed by atoms with van der Waals surface area (Å²) in [5.74, 6) is 0.0385. The zero-order valence-electron chi connectivity index (χ0n) is 8.85. The fourth-order valence-electron chi connectivity index (χ4n) is 1.59. The molecule has 0 saturated heterocycles. The lowest BCUT2D eigenvalue weighted by atomic mass is 10.2. The van der Waals surface area contributed by atoms with Crippen molar-refractivity contribution in [3.8, 4) is 5.69 Å². The van der Waals surface area contributed by atoms with Gasteiger partial charge in [0.05, 0.1) is 23.1 Å². The van der Waals surface area contributed by atoms with Crippen LogP contribution in [0.5, 0.6) is 0 Å². The summed E-state index contributed by atoms with van der Waals surface area (Å²) in [5, 5.41) is 4.85. The molecule has 0 spiro atoms. The Labute approximate surface area is 102 Å². The molecule has 0 radical (unpaired) electrons. The van der Waals surface area contributed by atoms with Gasteiger partial charge in [-0.05, 0) is 19.1 Å². The Morgan fingerprint density at radius 3 is 2.62 bits per heavy atom. The van der Waals surface area contributed by atoms with Gasteiger partial charge in [0.15, 0.2) is 5.78 Å². The average Bonchev–Trinajstić information content (AvgIpc) is 2.73. The second-order valence-corrected chi connectivity index (χ2v) is 4.00. The van der Waals surface area contributed by atoms with Gasteiger partial charge in [0.25, 0.3) is 0 Å². The number of ketones is 1. The molecule has 16 heavy (non-hydrogen) atoms. The monoisotopic (exact) mass is 278 g/mol. The smallest absolute Gasteiger partial charge is 0.163 e. The van der Waals surface area contributed by atoms with Crippen LogP contribution in [0.2, 0.25) is 0 Å². The molecular weight excluding hydrogens is 268 g/mol. The maximum Gasteiger partial charge on any atom is 0.163 e. The molecule has 82 valence electrons. The van der Waals surface area contributed by atoms with Crippen molar-refractivity contribution in [2.45, 2.75) is 12.3 Å². The van der Waals surface area contributed by atoms with Crippen LogP contribution in [0, 0.1) is 0 Å². The van der Waals surface area contributed by atoms with E-state index in [1.165, 1.54) is 0 Å². The third kappa shape index (κ3) is 1.93. The lowest BCUT2D eigenvalue weighted by molar-refractivity contribution is 0.101. The summed E-state index contributed by atoms with van der Waals surface area (Å²) in [7, 11) is 0. The topological polar surface area (TPSA) is 34.9 Å². The van der Waals surface area contributed by atoms with Crippen molar-refractivity contribution in [1.29, 1.82) is 0 Å². The summed E-state index contributed by atoms with van der Waals surface area (Å²) < 4.78 is 1.78. The molecule has 1 aromatic heterocycles. The Kier molecular flexibility index (Phi) is 3.19. The molecule has 0 saturated carbocycles. The first-order valence-electron chi connectivity index (χ1n) is 4.93. The van der Waals surface area contributed by atoms with E-state index in [0.717, 1.165) is 11.4 Å². The lowest BCUT2D eigenvalue weighted by Crippen LogP contribution is -2.03. The van der Waals surface area contributed by atoms with Gasteiger partial charge in [0.1, 0.15) is 0 Å². The summed E-state index contributed by atoms with van der Waals surface area (Å²) in [6.45, 7) is 1.55. The molecule has 4 heteroatoms. The van der Waals surface area contributed by atoms with Gasteiger partial charge in [-0.25, -0.2) is 4.68 Å². The quantitative estimate of drug-likeness (QED) is 0.639. The van der Waals surface area contributed by atoms with Gasteiger partial charge in [-0.15, -0.1) is 0 Å². The van der Waals surface area contributed by atoms with Crippen molar-refractivity contribution < 1.29 is 4.79 Å². The van der Waals surface area contributed by atoms with E-state index < -0.39 is 0 Å². The van der Waals surface area contributed by atoms with Crippen LogP contribution in [0.4, 0.5) is 0 Å². The highest BCUT2D eigenvalue weighted by atomic mass is 79.9. The number of halogens is 1. The summed E-state index contributed by atoms with van der Waals surface area (Å²) in [5.41, 5.74) is 2.52. The first kappa shape index (κ1) is 11.1. The van der Waals surface area contributed by atoms with E-state index in [2.05, 4.69) is 21.0 Å². The lowest BCUT2D eigenvalue weighted by Gasteiger charge is -2.05. The number of rotatable bonds is 3. The number of carbonyl (C=O) groups excluding carboxylic acids is 1. The normalized spacial score (nSPS) is 10.4. The van der Waals surface area contributed by atoms with Gasteiger partial charge in [-0.3, -0.25) is 4.79 Å². The highest BCUT2D eigenvalue weighted by Crippen LogP contribution is 2.17. The number of aromatic nitrogens is 2. The Balaban J connectivity index is 2.54. The molecule has 0 aliphatic rings. The van der Waals surface area contributed by atoms with Crippen LogP contribution in [-0.4, -0.2) is 15.6 Å². The number of hydrogen-bond acceptors (Lipinski definition) is 2. The SMILES string of the molecule is CC(=O)c1cnn(-c2ccccc2)c1CBr. The van der Waals surface area contributed by atoms with Crippen LogP contribution in [0.15, 0.2) is 36.5 Å². The Morgan fingerprint density at radius 1 is 1.38 bits per heavy atom. The fraction of sp³-hybridized carbons (Fsp3) is 0.167. The van der Waals surface area contributed by atoms with Gasteiger partial charge < -0.3 is 0 Å². The minimum Gasteiger partial charge on any atom is -0.294 e. The highest BCUT2D eigenvalue weighted by molar-refractivity contribution is 9.08. The molecule has 1 aromatic carbocycles. The van der Waals surface area contributed by atoms with Crippen LogP contribution in [-0.2, 0) is 5.33 Å². The van der Waals surface area contributed by atoms with E-state index in [4.69, 9.17) is 0 Å². The van der Waals surface area contributed by atoms with Crippen molar-refractivity contribution in [3.63, 3.8) is 0 Å². The van der Waals surface area contributed by atoms with Gasteiger partial charge >= 0.3 is 0 Å². The zero-order chi connectivity index (χ0) is 11.5. The second kappa shape index (κ2) is 4.61. The summed E-state index contributed by atoms with van der Waals surface area (Å²) in [6.07, 6.45) is 1.62. The van der Waals surface area contributed by atoms with Crippen molar-refractivity contribution in [1.82, 2.24) is 9.78 Å². The standard InChI is InChI=1S/C12H11BrN2O/c1-9(16)11-8-14-15(12(11)7-13)10-5-3-2-4-6-10/h2-6,8H,7H2,1H3. The number of hydrogen-bond donors (Lipinski definition) is 0. The fourth-order valence-corrected chi connectivity index (χ4v) is 2.13. The summed E-state index contributed by atoms with van der Waals surface area (Å²) in [6, 6.07) is 9.77. The number of nitrogens with zero attached hydrogens (tertiary/aromatic N) is 2. The van der Waals surface area contributed by atoms with Crippen LogP contribution < -0.4 is 0 Å². The number of carbonyl (C=O) groups is 1. The first-order chi connectivity index (χ1) is 7.74. The van der Waals surface area contributed by atoms with Crippen molar-refractivity contribution >= 4 is 21.7 Å². The minimum atomic E-state index is 0.0385. The van der Waals surface area contributed by atoms with Crippen LogP contribution in [0.3, 0.4) is 0 Å². The first-order valence-corrected chi connectivity index (χ1v) is 6.05. The molecule has 3 nitrogen and oxygen atoms in total. The predicted molar refractivity (Wildman–Crippen MR) is 66.2 cm³/mol. The number of benzene rings is 1. The number of Topliss-reactive ketones (excluding diaryl/α,β-unsaturated/α-hetero) is 1. The van der Waals surface area contributed by atoms with E-state index in [9.17, 15) is 4.79 Å². The molecule has 2 aromatic rings. The van der Waals surface area contributed by atoms with Crippen LogP contribution in [0.25, 0.3) is 5.69 Å². The average molecular weight is 279 g/mol. The molecule has 0 N–H and O–H groups in total. The van der Waals surface area contributed by atoms with E-state index in [-0.39, 0.29) is 5.78 Å². The highest BCUT2D eigenvalue weighted by Gasteiger charge is 2.13. The van der Waals surface area contributed by atoms with Crippen LogP contribution in [0.1, 0.15) is 23.0 Å². The number of para-hydroxylation sites is 1. The van der Waals surface area contributed by atoms with Crippen molar-refractivity contribution in [2.24, 2.45) is 0 Å². The van der Waals surface area contributed by atoms with E-state index >= 15 is 0 Å². The third-order valence-electron chi connectivity index (χ3n) is 2.38. The molecule has 1 heterocycles. The Hall–Kier alpha value is -1.42. The van der Waals surface area contributed by atoms with Gasteiger partial charge in [0.2, 0.25) is 0 Å². The van der Waals surface area contributed by atoms with Crippen molar-refractivity contribution in [2.75, 3.05) is 0 Å². The third-order valence-corrected chi connectivity index (χ3v) is 2.91. The number of alkyl halides is 1. The molecule has 0 aliphatic carbocycles. The van der Waals surface area contributed by atoms with E-state index in [0.29, 0.717) is 10.9 Å². The Bertz CT molecular complexity index is 505. The molecular formula is C12H11BrN2O. The van der Waals surface area contributed by atoms with Crippen LogP contribution >= 0.6 is 15.9 Å². The van der Waals surface area contributed by atoms with E-state index in [1.54, 1.807) is 17.8 Å². The zero-order valence-corrected chi connectivity index (χ0v) is 10.4. The van der Waals surface area contributed by atoms with E-state index in [1.807, 2.05) is 30.3 Å². The molecule has 0 bridgehead atoms. The van der Waals surface area contributed by atoms with Gasteiger partial charge in [-0.1, -0.05) is 34.1 Å². The van der Waals surface area contributed by atoms with Crippen molar-refractivity contribution in [3.05, 3.63) is 47.8 Å². The predicted octanol–water partition coefficient (Wildman–Crippen LogP) is 2.97. The largest absolute Gasteiger partial charge is 0.294 e. The van der Waals surface area contributed by atoms with Gasteiger partial charge in [0, 0.05) is 5.33 Å². The van der Waals surface area contributed by atoms with Gasteiger partial charge in [-0.2, -0.15) is 5.10 Å². The molecule has 0 fully saturated rings. The summed E-state index contributed by atoms with van der Waals surface area (Å²) in [4.78, 5) is 11.4.